The molecule has 0 spiro atoms. The largest absolute Gasteiger partial charge is 0.381 e. The van der Waals surface area contributed by atoms with Crippen LogP contribution >= 0.6 is 0 Å². The number of hydrogen-bond acceptors (Lipinski definition) is 3. The second kappa shape index (κ2) is 8.13. The maximum atomic E-state index is 5.55. The maximum absolute atomic E-state index is 5.55. The second-order valence-corrected chi connectivity index (χ2v) is 6.24. The molecule has 0 unspecified atom stereocenters. The average Bonchev–Trinajstić information content (AvgIpc) is 2.35. The number of nitrogens with one attached hydrogen (secondary N) is 1. The lowest BCUT2D eigenvalue weighted by Gasteiger charge is -2.40. The molecule has 0 bridgehead atoms. The van der Waals surface area contributed by atoms with Gasteiger partial charge < -0.3 is 15.0 Å². The summed E-state index contributed by atoms with van der Waals surface area (Å²) in [5.41, 5.74) is 0.422. The monoisotopic (exact) mass is 256 g/mol. The zero-order valence-corrected chi connectivity index (χ0v) is 12.8. The van der Waals surface area contributed by atoms with Crippen LogP contribution in [-0.4, -0.2) is 50.8 Å². The lowest BCUT2D eigenvalue weighted by Crippen LogP contribution is -2.47. The molecule has 0 aliphatic carbocycles. The quantitative estimate of drug-likeness (QED) is 0.722. The van der Waals surface area contributed by atoms with E-state index in [1.165, 1.54) is 38.8 Å². The fraction of sp³-hybridized carbons (Fsp3) is 1.00. The summed E-state index contributed by atoms with van der Waals surface area (Å²) in [4.78, 5) is 2.51. The molecule has 0 atom stereocenters. The Kier molecular flexibility index (Phi) is 7.20. The predicted molar refractivity (Wildman–Crippen MR) is 78.0 cm³/mol. The van der Waals surface area contributed by atoms with Crippen LogP contribution < -0.4 is 5.32 Å². The fourth-order valence-electron chi connectivity index (χ4n) is 2.70. The summed E-state index contributed by atoms with van der Waals surface area (Å²) in [6.07, 6.45) is 4.98. The van der Waals surface area contributed by atoms with Gasteiger partial charge in [-0.05, 0) is 38.3 Å². The van der Waals surface area contributed by atoms with E-state index in [2.05, 4.69) is 38.0 Å². The molecule has 3 nitrogen and oxygen atoms in total. The van der Waals surface area contributed by atoms with Gasteiger partial charge in [0.2, 0.25) is 0 Å². The van der Waals surface area contributed by atoms with Crippen molar-refractivity contribution in [3.8, 4) is 0 Å². The van der Waals surface area contributed by atoms with Crippen molar-refractivity contribution in [1.82, 2.24) is 10.2 Å². The van der Waals surface area contributed by atoms with Gasteiger partial charge >= 0.3 is 0 Å². The molecular weight excluding hydrogens is 224 g/mol. The zero-order chi connectivity index (χ0) is 13.4. The van der Waals surface area contributed by atoms with Crippen LogP contribution in [0.1, 0.15) is 46.5 Å². The molecule has 0 aromatic rings. The molecule has 108 valence electrons. The van der Waals surface area contributed by atoms with Crippen molar-refractivity contribution in [3.63, 3.8) is 0 Å². The molecule has 1 aliphatic rings. The molecule has 1 rings (SSSR count). The predicted octanol–water partition coefficient (Wildman–Crippen LogP) is 2.51. The van der Waals surface area contributed by atoms with Crippen LogP contribution in [0.5, 0.6) is 0 Å². The lowest BCUT2D eigenvalue weighted by atomic mass is 9.79. The van der Waals surface area contributed by atoms with Gasteiger partial charge in [-0.15, -0.1) is 0 Å². The van der Waals surface area contributed by atoms with Crippen molar-refractivity contribution in [2.24, 2.45) is 5.41 Å². The van der Waals surface area contributed by atoms with Crippen molar-refractivity contribution in [2.45, 2.75) is 52.5 Å². The summed E-state index contributed by atoms with van der Waals surface area (Å²) in [7, 11) is 2.27. The summed E-state index contributed by atoms with van der Waals surface area (Å²) in [6, 6.07) is 0.575. The highest BCUT2D eigenvalue weighted by Crippen LogP contribution is 2.30. The van der Waals surface area contributed by atoms with Crippen LogP contribution in [0.2, 0.25) is 0 Å². The molecule has 1 N–H and O–H groups in total. The molecular formula is C15H32N2O. The van der Waals surface area contributed by atoms with Gasteiger partial charge in [-0.3, -0.25) is 0 Å². The van der Waals surface area contributed by atoms with Gasteiger partial charge in [0.05, 0.1) is 0 Å². The minimum Gasteiger partial charge on any atom is -0.381 e. The molecule has 3 heteroatoms. The number of unbranched alkanes of at least 4 members (excludes halogenated alkanes) is 1. The van der Waals surface area contributed by atoms with E-state index >= 15 is 0 Å². The molecule has 0 aromatic carbocycles. The van der Waals surface area contributed by atoms with E-state index < -0.39 is 0 Å². The Morgan fingerprint density at radius 1 is 1.28 bits per heavy atom. The normalized spacial score (nSPS) is 19.7. The van der Waals surface area contributed by atoms with E-state index in [0.717, 1.165) is 19.8 Å². The molecule has 18 heavy (non-hydrogen) atoms. The number of rotatable bonds is 8. The first-order valence-electron chi connectivity index (χ1n) is 7.58. The molecule has 0 radical (unpaired) electrons. The Labute approximate surface area is 113 Å². The van der Waals surface area contributed by atoms with Crippen LogP contribution in [0.25, 0.3) is 0 Å². The topological polar surface area (TPSA) is 24.5 Å². The van der Waals surface area contributed by atoms with Crippen molar-refractivity contribution in [3.05, 3.63) is 0 Å². The summed E-state index contributed by atoms with van der Waals surface area (Å²) >= 11 is 0. The first-order valence-corrected chi connectivity index (χ1v) is 7.58. The number of nitrogens with zero attached hydrogens (tertiary/aromatic N) is 1. The molecule has 0 saturated carbocycles. The van der Waals surface area contributed by atoms with Gasteiger partial charge in [-0.1, -0.05) is 27.2 Å². The standard InChI is InChI=1S/C15H32N2O/c1-5-6-9-17(4)13-15(12-16-14(2)3)7-10-18-11-8-15/h14,16H,5-13H2,1-4H3. The molecule has 0 amide bonds. The molecule has 0 aromatic heterocycles. The van der Waals surface area contributed by atoms with Gasteiger partial charge in [0.1, 0.15) is 0 Å². The van der Waals surface area contributed by atoms with Gasteiger partial charge in [0, 0.05) is 32.3 Å². The maximum Gasteiger partial charge on any atom is 0.0472 e. The van der Waals surface area contributed by atoms with Crippen LogP contribution in [0.4, 0.5) is 0 Å². The summed E-state index contributed by atoms with van der Waals surface area (Å²) in [5.74, 6) is 0. The van der Waals surface area contributed by atoms with Crippen molar-refractivity contribution in [1.29, 1.82) is 0 Å². The Morgan fingerprint density at radius 3 is 2.50 bits per heavy atom. The van der Waals surface area contributed by atoms with Crippen LogP contribution in [0, 0.1) is 5.41 Å². The van der Waals surface area contributed by atoms with Gasteiger partial charge in [0.25, 0.3) is 0 Å². The Hall–Kier alpha value is -0.120. The van der Waals surface area contributed by atoms with E-state index in [1.54, 1.807) is 0 Å². The van der Waals surface area contributed by atoms with E-state index in [-0.39, 0.29) is 0 Å². The second-order valence-electron chi connectivity index (χ2n) is 6.24. The first kappa shape index (κ1) is 15.9. The zero-order valence-electron chi connectivity index (χ0n) is 12.8. The fourth-order valence-corrected chi connectivity index (χ4v) is 2.70. The van der Waals surface area contributed by atoms with E-state index in [4.69, 9.17) is 4.74 Å². The van der Waals surface area contributed by atoms with E-state index in [0.29, 0.717) is 11.5 Å². The van der Waals surface area contributed by atoms with Crippen LogP contribution in [-0.2, 0) is 4.74 Å². The Bertz CT molecular complexity index is 213. The third-order valence-corrected chi connectivity index (χ3v) is 3.94. The first-order chi connectivity index (χ1) is 8.58. The van der Waals surface area contributed by atoms with E-state index in [1.807, 2.05) is 0 Å². The third-order valence-electron chi connectivity index (χ3n) is 3.94. The summed E-state index contributed by atoms with van der Waals surface area (Å²) < 4.78 is 5.55. The summed E-state index contributed by atoms with van der Waals surface area (Å²) in [5, 5.41) is 3.64. The molecule has 1 heterocycles. The Morgan fingerprint density at radius 2 is 1.94 bits per heavy atom. The highest BCUT2D eigenvalue weighted by Gasteiger charge is 2.33. The lowest BCUT2D eigenvalue weighted by molar-refractivity contribution is -0.00155. The van der Waals surface area contributed by atoms with Gasteiger partial charge in [0.15, 0.2) is 0 Å². The van der Waals surface area contributed by atoms with E-state index in [9.17, 15) is 0 Å². The van der Waals surface area contributed by atoms with Crippen molar-refractivity contribution in [2.75, 3.05) is 39.9 Å². The van der Waals surface area contributed by atoms with Crippen molar-refractivity contribution < 1.29 is 4.74 Å². The van der Waals surface area contributed by atoms with Crippen LogP contribution in [0.15, 0.2) is 0 Å². The highest BCUT2D eigenvalue weighted by molar-refractivity contribution is 4.87. The Balaban J connectivity index is 2.48. The highest BCUT2D eigenvalue weighted by atomic mass is 16.5. The molecule has 1 aliphatic heterocycles. The third kappa shape index (κ3) is 5.68. The SMILES string of the molecule is CCCCN(C)CC1(CNC(C)C)CCOCC1. The number of ether oxygens (including phenoxy) is 1. The van der Waals surface area contributed by atoms with Gasteiger partial charge in [-0.2, -0.15) is 0 Å². The smallest absolute Gasteiger partial charge is 0.0472 e. The minimum atomic E-state index is 0.422. The molecule has 1 fully saturated rings. The minimum absolute atomic E-state index is 0.422. The van der Waals surface area contributed by atoms with Gasteiger partial charge in [-0.25, -0.2) is 0 Å². The average molecular weight is 256 g/mol. The van der Waals surface area contributed by atoms with Crippen molar-refractivity contribution >= 4 is 0 Å². The number of hydrogen-bond donors (Lipinski definition) is 1. The van der Waals surface area contributed by atoms with Crippen LogP contribution in [0.3, 0.4) is 0 Å². The summed E-state index contributed by atoms with van der Waals surface area (Å²) in [6.45, 7) is 12.1. The molecule has 1 saturated heterocycles.